The summed E-state index contributed by atoms with van der Waals surface area (Å²) in [4.78, 5) is 34.4. The van der Waals surface area contributed by atoms with Gasteiger partial charge < -0.3 is 15.2 Å². The highest BCUT2D eigenvalue weighted by Crippen LogP contribution is 2.25. The van der Waals surface area contributed by atoms with Gasteiger partial charge in [0.2, 0.25) is 0 Å². The van der Waals surface area contributed by atoms with Gasteiger partial charge in [0.1, 0.15) is 5.75 Å². The Labute approximate surface area is 134 Å². The van der Waals surface area contributed by atoms with Crippen molar-refractivity contribution < 1.29 is 24.2 Å². The summed E-state index contributed by atoms with van der Waals surface area (Å²) in [6.07, 6.45) is 0.972. The Kier molecular flexibility index (Phi) is 5.36. The van der Waals surface area contributed by atoms with E-state index < -0.39 is 12.1 Å². The van der Waals surface area contributed by atoms with Crippen LogP contribution in [-0.4, -0.2) is 34.9 Å². The molecule has 0 saturated heterocycles. The van der Waals surface area contributed by atoms with Crippen molar-refractivity contribution in [1.29, 1.82) is 0 Å². The number of rotatable bonds is 6. The molecule has 1 aliphatic rings. The van der Waals surface area contributed by atoms with Crippen molar-refractivity contribution in [1.82, 2.24) is 5.32 Å². The molecule has 1 aromatic carbocycles. The van der Waals surface area contributed by atoms with Crippen LogP contribution in [0.3, 0.4) is 0 Å². The highest BCUT2D eigenvalue weighted by Gasteiger charge is 2.31. The summed E-state index contributed by atoms with van der Waals surface area (Å²) in [5.74, 6) is -1.10. The van der Waals surface area contributed by atoms with Crippen molar-refractivity contribution >= 4 is 17.7 Å². The summed E-state index contributed by atoms with van der Waals surface area (Å²) in [6.45, 7) is 3.09. The average Bonchev–Trinajstić information content (AvgIpc) is 2.96. The molecular weight excluding hydrogens is 298 g/mol. The molecule has 3 atom stereocenters. The fraction of sp³-hybridized carbons (Fsp3) is 0.471. The minimum absolute atomic E-state index is 0.0711. The smallest absolute Gasteiger partial charge is 0.306 e. The molecule has 1 amide bonds. The number of ketones is 1. The van der Waals surface area contributed by atoms with Gasteiger partial charge in [0, 0.05) is 11.6 Å². The molecule has 124 valence electrons. The Hall–Kier alpha value is -2.37. The lowest BCUT2D eigenvalue weighted by atomic mass is 10.1. The standard InChI is InChI=1S/C17H21NO5/c1-10(19)12-4-3-5-15(9-12)23-11(2)16(20)18-14-7-6-13(8-14)17(21)22/h3-5,9,11,13-14H,6-8H2,1-2H3,(H,18,20)(H,21,22)/t11?,13-,14+/m0/s1. The van der Waals surface area contributed by atoms with E-state index in [1.807, 2.05) is 0 Å². The largest absolute Gasteiger partial charge is 0.481 e. The van der Waals surface area contributed by atoms with Crippen molar-refractivity contribution in [3.05, 3.63) is 29.8 Å². The Morgan fingerprint density at radius 3 is 2.65 bits per heavy atom. The molecule has 0 bridgehead atoms. The monoisotopic (exact) mass is 319 g/mol. The molecule has 0 aromatic heterocycles. The van der Waals surface area contributed by atoms with Crippen LogP contribution in [0.2, 0.25) is 0 Å². The second kappa shape index (κ2) is 7.26. The Morgan fingerprint density at radius 2 is 2.04 bits per heavy atom. The van der Waals surface area contributed by atoms with Crippen molar-refractivity contribution in [2.45, 2.75) is 45.3 Å². The number of carbonyl (C=O) groups excluding carboxylic acids is 2. The van der Waals surface area contributed by atoms with E-state index in [1.165, 1.54) is 6.92 Å². The number of Topliss-reactive ketones (excluding diaryl/α,β-unsaturated/α-hetero) is 1. The van der Waals surface area contributed by atoms with E-state index in [1.54, 1.807) is 31.2 Å². The first-order valence-corrected chi connectivity index (χ1v) is 7.67. The number of hydrogen-bond acceptors (Lipinski definition) is 4. The van der Waals surface area contributed by atoms with Crippen LogP contribution in [-0.2, 0) is 9.59 Å². The number of carboxylic acids is 1. The maximum Gasteiger partial charge on any atom is 0.306 e. The lowest BCUT2D eigenvalue weighted by molar-refractivity contribution is -0.141. The van der Waals surface area contributed by atoms with Crippen molar-refractivity contribution in [3.63, 3.8) is 0 Å². The van der Waals surface area contributed by atoms with Crippen LogP contribution in [0.25, 0.3) is 0 Å². The molecule has 1 unspecified atom stereocenters. The van der Waals surface area contributed by atoms with Gasteiger partial charge in [-0.15, -0.1) is 0 Å². The summed E-state index contributed by atoms with van der Waals surface area (Å²) in [5.41, 5.74) is 0.523. The molecule has 0 aliphatic heterocycles. The first-order chi connectivity index (χ1) is 10.9. The molecule has 1 aliphatic carbocycles. The summed E-state index contributed by atoms with van der Waals surface area (Å²) in [6, 6.07) is 6.54. The molecule has 6 nitrogen and oxygen atoms in total. The van der Waals surface area contributed by atoms with Crippen LogP contribution in [0.1, 0.15) is 43.5 Å². The fourth-order valence-electron chi connectivity index (χ4n) is 2.70. The second-order valence-electron chi connectivity index (χ2n) is 5.90. The summed E-state index contributed by atoms with van der Waals surface area (Å²) in [7, 11) is 0. The van der Waals surface area contributed by atoms with Gasteiger partial charge in [-0.2, -0.15) is 0 Å². The van der Waals surface area contributed by atoms with Crippen molar-refractivity contribution in [3.8, 4) is 5.75 Å². The number of carboxylic acid groups (broad SMARTS) is 1. The minimum atomic E-state index is -0.813. The van der Waals surface area contributed by atoms with Crippen LogP contribution < -0.4 is 10.1 Å². The lowest BCUT2D eigenvalue weighted by Gasteiger charge is -2.18. The molecule has 0 heterocycles. The van der Waals surface area contributed by atoms with Crippen LogP contribution >= 0.6 is 0 Å². The van der Waals surface area contributed by atoms with Crippen LogP contribution in [0.5, 0.6) is 5.75 Å². The number of aliphatic carboxylic acids is 1. The predicted octanol–water partition coefficient (Wildman–Crippen LogP) is 2.03. The zero-order valence-corrected chi connectivity index (χ0v) is 13.2. The van der Waals surface area contributed by atoms with Gasteiger partial charge in [-0.3, -0.25) is 14.4 Å². The third-order valence-corrected chi connectivity index (χ3v) is 4.05. The molecule has 1 saturated carbocycles. The Morgan fingerprint density at radius 1 is 1.30 bits per heavy atom. The van der Waals surface area contributed by atoms with E-state index >= 15 is 0 Å². The fourth-order valence-corrected chi connectivity index (χ4v) is 2.70. The van der Waals surface area contributed by atoms with Gasteiger partial charge >= 0.3 is 5.97 Å². The predicted molar refractivity (Wildman–Crippen MR) is 83.4 cm³/mol. The number of hydrogen-bond donors (Lipinski definition) is 2. The van der Waals surface area contributed by atoms with E-state index in [0.29, 0.717) is 30.6 Å². The van der Waals surface area contributed by atoms with E-state index in [9.17, 15) is 14.4 Å². The zero-order valence-electron chi connectivity index (χ0n) is 13.2. The third-order valence-electron chi connectivity index (χ3n) is 4.05. The van der Waals surface area contributed by atoms with E-state index in [0.717, 1.165) is 0 Å². The third kappa shape index (κ3) is 4.55. The number of nitrogens with one attached hydrogen (secondary N) is 1. The summed E-state index contributed by atoms with van der Waals surface area (Å²) >= 11 is 0. The quantitative estimate of drug-likeness (QED) is 0.783. The van der Waals surface area contributed by atoms with Gasteiger partial charge in [-0.1, -0.05) is 12.1 Å². The first kappa shape index (κ1) is 17.0. The highest BCUT2D eigenvalue weighted by molar-refractivity contribution is 5.94. The van der Waals surface area contributed by atoms with E-state index in [4.69, 9.17) is 9.84 Å². The van der Waals surface area contributed by atoms with Crippen molar-refractivity contribution in [2.75, 3.05) is 0 Å². The average molecular weight is 319 g/mol. The number of benzene rings is 1. The van der Waals surface area contributed by atoms with Crippen LogP contribution in [0.4, 0.5) is 0 Å². The summed E-state index contributed by atoms with van der Waals surface area (Å²) < 4.78 is 5.57. The molecule has 0 spiro atoms. The topological polar surface area (TPSA) is 92.7 Å². The molecule has 1 fully saturated rings. The molecular formula is C17H21NO5. The zero-order chi connectivity index (χ0) is 17.0. The Bertz CT molecular complexity index is 613. The molecule has 23 heavy (non-hydrogen) atoms. The minimum Gasteiger partial charge on any atom is -0.481 e. The first-order valence-electron chi connectivity index (χ1n) is 7.67. The molecule has 6 heteroatoms. The Balaban J connectivity index is 1.89. The lowest BCUT2D eigenvalue weighted by Crippen LogP contribution is -2.41. The second-order valence-corrected chi connectivity index (χ2v) is 5.90. The molecule has 2 N–H and O–H groups in total. The van der Waals surface area contributed by atoms with Gasteiger partial charge in [-0.05, 0) is 45.2 Å². The SMILES string of the molecule is CC(=O)c1cccc(OC(C)C(=O)N[C@@H]2CC[C@H](C(=O)O)C2)c1. The van der Waals surface area contributed by atoms with Crippen LogP contribution in [0, 0.1) is 5.92 Å². The van der Waals surface area contributed by atoms with Gasteiger partial charge in [0.15, 0.2) is 11.9 Å². The van der Waals surface area contributed by atoms with E-state index in [-0.39, 0.29) is 23.7 Å². The normalized spacial score (nSPS) is 21.5. The number of amides is 1. The van der Waals surface area contributed by atoms with Gasteiger partial charge in [0.05, 0.1) is 5.92 Å². The summed E-state index contributed by atoms with van der Waals surface area (Å²) in [5, 5.41) is 11.8. The van der Waals surface area contributed by atoms with Crippen LogP contribution in [0.15, 0.2) is 24.3 Å². The number of ether oxygens (including phenoxy) is 1. The highest BCUT2D eigenvalue weighted by atomic mass is 16.5. The van der Waals surface area contributed by atoms with E-state index in [2.05, 4.69) is 5.32 Å². The molecule has 1 aromatic rings. The number of carbonyl (C=O) groups is 3. The maximum absolute atomic E-state index is 12.1. The van der Waals surface area contributed by atoms with Gasteiger partial charge in [0.25, 0.3) is 5.91 Å². The van der Waals surface area contributed by atoms with Gasteiger partial charge in [-0.25, -0.2) is 0 Å². The maximum atomic E-state index is 12.1. The molecule has 0 radical (unpaired) electrons. The molecule has 2 rings (SSSR count). The van der Waals surface area contributed by atoms with Crippen molar-refractivity contribution in [2.24, 2.45) is 5.92 Å².